The SMILES string of the molecule is O=C(COc1ccc(Cl)c(Cl)c1)NC12CC(NC(=O)COc3ccccn3)(C1)C2. The Balaban J connectivity index is 1.17. The maximum atomic E-state index is 12.2. The molecule has 2 amide bonds. The fraction of sp³-hybridized carbons (Fsp3) is 0.350. The van der Waals surface area contributed by atoms with Crippen LogP contribution >= 0.6 is 23.2 Å². The number of carbonyl (C=O) groups is 2. The third-order valence-electron chi connectivity index (χ3n) is 5.09. The van der Waals surface area contributed by atoms with Crippen LogP contribution in [0, 0.1) is 0 Å². The van der Waals surface area contributed by atoms with Gasteiger partial charge in [-0.3, -0.25) is 9.59 Å². The molecule has 3 fully saturated rings. The van der Waals surface area contributed by atoms with Gasteiger partial charge in [-0.1, -0.05) is 29.3 Å². The number of nitrogens with zero attached hydrogens (tertiary/aromatic N) is 1. The van der Waals surface area contributed by atoms with Gasteiger partial charge in [-0.05, 0) is 37.5 Å². The number of hydrogen-bond donors (Lipinski definition) is 2. The highest BCUT2D eigenvalue weighted by atomic mass is 35.5. The van der Waals surface area contributed by atoms with E-state index in [2.05, 4.69) is 15.6 Å². The van der Waals surface area contributed by atoms with Crippen molar-refractivity contribution >= 4 is 35.0 Å². The molecule has 2 aromatic rings. The smallest absolute Gasteiger partial charge is 0.258 e. The first kappa shape index (κ1) is 19.8. The topological polar surface area (TPSA) is 89.6 Å². The summed E-state index contributed by atoms with van der Waals surface area (Å²) in [6.45, 7) is -0.202. The van der Waals surface area contributed by atoms with Crippen molar-refractivity contribution in [3.8, 4) is 11.6 Å². The lowest BCUT2D eigenvalue weighted by Gasteiger charge is -2.70. The van der Waals surface area contributed by atoms with Gasteiger partial charge in [-0.2, -0.15) is 0 Å². The van der Waals surface area contributed by atoms with Crippen molar-refractivity contribution in [3.63, 3.8) is 0 Å². The molecule has 1 heterocycles. The highest BCUT2D eigenvalue weighted by Gasteiger charge is 2.69. The molecule has 3 aliphatic rings. The van der Waals surface area contributed by atoms with Crippen molar-refractivity contribution in [1.29, 1.82) is 0 Å². The first-order chi connectivity index (χ1) is 13.9. The van der Waals surface area contributed by atoms with Crippen LogP contribution < -0.4 is 20.1 Å². The maximum absolute atomic E-state index is 12.2. The zero-order chi connectivity index (χ0) is 20.5. The van der Waals surface area contributed by atoms with Gasteiger partial charge in [0.1, 0.15) is 5.75 Å². The van der Waals surface area contributed by atoms with Crippen LogP contribution in [0.15, 0.2) is 42.6 Å². The summed E-state index contributed by atoms with van der Waals surface area (Å²) in [5.74, 6) is 0.474. The molecular formula is C20H19Cl2N3O4. The summed E-state index contributed by atoms with van der Waals surface area (Å²) < 4.78 is 10.8. The van der Waals surface area contributed by atoms with Crippen LogP contribution in [0.1, 0.15) is 19.3 Å². The zero-order valence-corrected chi connectivity index (χ0v) is 16.9. The van der Waals surface area contributed by atoms with Gasteiger partial charge in [0, 0.05) is 29.4 Å². The molecule has 1 aromatic heterocycles. The lowest BCUT2D eigenvalue weighted by Crippen LogP contribution is -2.84. The third kappa shape index (κ3) is 4.41. The van der Waals surface area contributed by atoms with Crippen molar-refractivity contribution in [1.82, 2.24) is 15.6 Å². The van der Waals surface area contributed by atoms with Gasteiger partial charge in [-0.15, -0.1) is 0 Å². The number of nitrogens with one attached hydrogen (secondary N) is 2. The van der Waals surface area contributed by atoms with Gasteiger partial charge in [0.05, 0.1) is 10.0 Å². The molecule has 3 saturated carbocycles. The second-order valence-electron chi connectivity index (χ2n) is 7.51. The van der Waals surface area contributed by atoms with Gasteiger partial charge in [0.25, 0.3) is 11.8 Å². The van der Waals surface area contributed by atoms with Gasteiger partial charge >= 0.3 is 0 Å². The number of aromatic nitrogens is 1. The number of amides is 2. The molecule has 0 atom stereocenters. The van der Waals surface area contributed by atoms with Crippen LogP contribution in [0.4, 0.5) is 0 Å². The van der Waals surface area contributed by atoms with Crippen LogP contribution in [0.25, 0.3) is 0 Å². The standard InChI is InChI=1S/C20H19Cl2N3O4/c21-14-5-4-13(7-15(14)22)28-8-16(26)24-19-10-20(11-19,12-19)25-17(27)9-29-18-3-1-2-6-23-18/h1-7H,8-12H2,(H,24,26)(H,25,27). The Bertz CT molecular complexity index is 919. The third-order valence-corrected chi connectivity index (χ3v) is 5.83. The average molecular weight is 436 g/mol. The second kappa shape index (κ2) is 7.72. The van der Waals surface area contributed by atoms with Gasteiger partial charge < -0.3 is 20.1 Å². The predicted octanol–water partition coefficient (Wildman–Crippen LogP) is 2.75. The minimum atomic E-state index is -0.257. The average Bonchev–Trinajstić information content (AvgIpc) is 2.65. The molecule has 3 aliphatic carbocycles. The maximum Gasteiger partial charge on any atom is 0.258 e. The summed E-state index contributed by atoms with van der Waals surface area (Å²) in [7, 11) is 0. The highest BCUT2D eigenvalue weighted by molar-refractivity contribution is 6.42. The van der Waals surface area contributed by atoms with E-state index in [9.17, 15) is 9.59 Å². The fourth-order valence-electron chi connectivity index (χ4n) is 4.00. The number of carbonyl (C=O) groups excluding carboxylic acids is 2. The van der Waals surface area contributed by atoms with Crippen molar-refractivity contribution in [3.05, 3.63) is 52.6 Å². The summed E-state index contributed by atoms with van der Waals surface area (Å²) in [6, 6.07) is 10.1. The van der Waals surface area contributed by atoms with Gasteiger partial charge in [0.15, 0.2) is 13.2 Å². The van der Waals surface area contributed by atoms with Crippen LogP contribution in [0.5, 0.6) is 11.6 Å². The van der Waals surface area contributed by atoms with E-state index in [-0.39, 0.29) is 36.1 Å². The van der Waals surface area contributed by atoms with Crippen molar-refractivity contribution in [2.75, 3.05) is 13.2 Å². The number of hydrogen-bond acceptors (Lipinski definition) is 5. The molecule has 0 radical (unpaired) electrons. The number of rotatable bonds is 8. The van der Waals surface area contributed by atoms with Crippen LogP contribution in [0.2, 0.25) is 10.0 Å². The first-order valence-corrected chi connectivity index (χ1v) is 9.86. The quantitative estimate of drug-likeness (QED) is 0.665. The van der Waals surface area contributed by atoms with Crippen LogP contribution in [0.3, 0.4) is 0 Å². The summed E-state index contributed by atoms with van der Waals surface area (Å²) >= 11 is 11.8. The largest absolute Gasteiger partial charge is 0.484 e. The molecule has 9 heteroatoms. The van der Waals surface area contributed by atoms with E-state index >= 15 is 0 Å². The van der Waals surface area contributed by atoms with E-state index in [0.29, 0.717) is 40.9 Å². The van der Waals surface area contributed by atoms with E-state index in [1.54, 1.807) is 42.6 Å². The minimum Gasteiger partial charge on any atom is -0.484 e. The molecule has 5 rings (SSSR count). The van der Waals surface area contributed by atoms with Crippen molar-refractivity contribution in [2.24, 2.45) is 0 Å². The molecule has 0 spiro atoms. The summed E-state index contributed by atoms with van der Waals surface area (Å²) in [5, 5.41) is 6.79. The molecule has 1 aromatic carbocycles. The Hall–Kier alpha value is -2.51. The summed E-state index contributed by atoms with van der Waals surface area (Å²) in [6.07, 6.45) is 3.71. The molecule has 0 unspecified atom stereocenters. The Morgan fingerprint density at radius 1 is 0.931 bits per heavy atom. The predicted molar refractivity (Wildman–Crippen MR) is 107 cm³/mol. The highest BCUT2D eigenvalue weighted by Crippen LogP contribution is 2.60. The Morgan fingerprint density at radius 3 is 2.17 bits per heavy atom. The van der Waals surface area contributed by atoms with Crippen molar-refractivity contribution in [2.45, 2.75) is 30.3 Å². The number of benzene rings is 1. The van der Waals surface area contributed by atoms with E-state index in [1.807, 2.05) is 0 Å². The van der Waals surface area contributed by atoms with E-state index in [4.69, 9.17) is 32.7 Å². The molecule has 7 nitrogen and oxygen atoms in total. The normalized spacial score (nSPS) is 23.9. The zero-order valence-electron chi connectivity index (χ0n) is 15.4. The fourth-order valence-corrected chi connectivity index (χ4v) is 4.29. The lowest BCUT2D eigenvalue weighted by atomic mass is 9.44. The lowest BCUT2D eigenvalue weighted by molar-refractivity contribution is -0.151. The molecular weight excluding hydrogens is 417 g/mol. The Morgan fingerprint density at radius 2 is 1.59 bits per heavy atom. The van der Waals surface area contributed by atoms with Crippen molar-refractivity contribution < 1.29 is 19.1 Å². The van der Waals surface area contributed by atoms with E-state index in [1.165, 1.54) is 0 Å². The molecule has 152 valence electrons. The van der Waals surface area contributed by atoms with Crippen LogP contribution in [-0.2, 0) is 9.59 Å². The Labute approximate surface area is 177 Å². The minimum absolute atomic E-state index is 0.0877. The Kier molecular flexibility index (Phi) is 5.27. The van der Waals surface area contributed by atoms with Gasteiger partial charge in [0.2, 0.25) is 5.88 Å². The summed E-state index contributed by atoms with van der Waals surface area (Å²) in [5.41, 5.74) is -0.504. The van der Waals surface area contributed by atoms with E-state index < -0.39 is 0 Å². The molecule has 29 heavy (non-hydrogen) atoms. The second-order valence-corrected chi connectivity index (χ2v) is 8.32. The number of halogens is 2. The molecule has 0 saturated heterocycles. The van der Waals surface area contributed by atoms with Gasteiger partial charge in [-0.25, -0.2) is 4.98 Å². The van der Waals surface area contributed by atoms with Crippen LogP contribution in [-0.4, -0.2) is 41.1 Å². The first-order valence-electron chi connectivity index (χ1n) is 9.11. The molecule has 2 N–H and O–H groups in total. The number of pyridine rings is 1. The number of ether oxygens (including phenoxy) is 2. The molecule has 2 bridgehead atoms. The van der Waals surface area contributed by atoms with E-state index in [0.717, 1.165) is 0 Å². The molecule has 0 aliphatic heterocycles. The monoisotopic (exact) mass is 435 g/mol. The summed E-state index contributed by atoms with van der Waals surface area (Å²) in [4.78, 5) is 28.3.